The van der Waals surface area contributed by atoms with E-state index in [1.165, 1.54) is 4.57 Å². The molecule has 0 atom stereocenters. The summed E-state index contributed by atoms with van der Waals surface area (Å²) in [6.07, 6.45) is 1.55. The van der Waals surface area contributed by atoms with Crippen LogP contribution in [0.1, 0.15) is 10.4 Å². The van der Waals surface area contributed by atoms with Crippen molar-refractivity contribution in [2.45, 2.75) is 0 Å². The summed E-state index contributed by atoms with van der Waals surface area (Å²) in [6, 6.07) is 12.3. The fourth-order valence-corrected chi connectivity index (χ4v) is 2.77. The number of carbonyl (C=O) groups is 1. The van der Waals surface area contributed by atoms with Crippen LogP contribution in [0.5, 0.6) is 11.5 Å². The number of aromatic nitrogens is 1. The molecule has 0 spiro atoms. The van der Waals surface area contributed by atoms with Crippen molar-refractivity contribution in [3.8, 4) is 11.5 Å². The molecule has 24 heavy (non-hydrogen) atoms. The summed E-state index contributed by atoms with van der Waals surface area (Å²) < 4.78 is 12.0. The summed E-state index contributed by atoms with van der Waals surface area (Å²) in [5.41, 5.74) is 0.901. The van der Waals surface area contributed by atoms with Crippen molar-refractivity contribution in [3.63, 3.8) is 0 Å². The molecule has 0 saturated carbocycles. The van der Waals surface area contributed by atoms with Crippen molar-refractivity contribution < 1.29 is 14.3 Å². The van der Waals surface area contributed by atoms with Crippen molar-refractivity contribution in [1.82, 2.24) is 4.57 Å². The fourth-order valence-electron chi connectivity index (χ4n) is 2.77. The third-order valence-electron chi connectivity index (χ3n) is 3.97. The highest BCUT2D eigenvalue weighted by Crippen LogP contribution is 2.34. The number of fused-ring (bicyclic) bond motifs is 2. The molecule has 0 radical (unpaired) electrons. The van der Waals surface area contributed by atoms with Crippen LogP contribution < -0.4 is 20.3 Å². The van der Waals surface area contributed by atoms with E-state index in [4.69, 9.17) is 9.47 Å². The molecule has 0 saturated heterocycles. The SMILES string of the molecule is Cn1cc(C(=O)Nc2ccc3c(c2)OCO3)c2ccccc2c1=O. The van der Waals surface area contributed by atoms with E-state index in [1.54, 1.807) is 55.7 Å². The Bertz CT molecular complexity index is 1020. The molecule has 0 aliphatic carbocycles. The van der Waals surface area contributed by atoms with Gasteiger partial charge >= 0.3 is 0 Å². The van der Waals surface area contributed by atoms with Gasteiger partial charge in [0.15, 0.2) is 11.5 Å². The summed E-state index contributed by atoms with van der Waals surface area (Å²) in [5, 5.41) is 3.97. The maximum Gasteiger partial charge on any atom is 0.258 e. The van der Waals surface area contributed by atoms with Gasteiger partial charge in [0.1, 0.15) is 0 Å². The molecule has 6 nitrogen and oxygen atoms in total. The zero-order valence-electron chi connectivity index (χ0n) is 12.9. The van der Waals surface area contributed by atoms with Gasteiger partial charge in [-0.1, -0.05) is 18.2 Å². The highest BCUT2D eigenvalue weighted by atomic mass is 16.7. The number of aryl methyl sites for hydroxylation is 1. The largest absolute Gasteiger partial charge is 0.454 e. The Kier molecular flexibility index (Phi) is 3.23. The van der Waals surface area contributed by atoms with Gasteiger partial charge < -0.3 is 19.4 Å². The summed E-state index contributed by atoms with van der Waals surface area (Å²) in [5.74, 6) is 0.958. The average Bonchev–Trinajstić information content (AvgIpc) is 3.06. The Balaban J connectivity index is 1.74. The zero-order valence-corrected chi connectivity index (χ0v) is 12.9. The lowest BCUT2D eigenvalue weighted by Gasteiger charge is -2.10. The molecule has 120 valence electrons. The van der Waals surface area contributed by atoms with E-state index < -0.39 is 0 Å². The molecule has 4 rings (SSSR count). The molecule has 1 aliphatic rings. The van der Waals surface area contributed by atoms with Crippen LogP contribution >= 0.6 is 0 Å². The molecule has 0 bridgehead atoms. The third-order valence-corrected chi connectivity index (χ3v) is 3.97. The molecule has 6 heteroatoms. The highest BCUT2D eigenvalue weighted by Gasteiger charge is 2.17. The van der Waals surface area contributed by atoms with Gasteiger partial charge in [-0.3, -0.25) is 9.59 Å². The first-order chi connectivity index (χ1) is 11.6. The Labute approximate surface area is 137 Å². The van der Waals surface area contributed by atoms with Gasteiger partial charge in [0.2, 0.25) is 6.79 Å². The van der Waals surface area contributed by atoms with Gasteiger partial charge in [0, 0.05) is 35.8 Å². The minimum atomic E-state index is -0.291. The van der Waals surface area contributed by atoms with E-state index in [0.29, 0.717) is 33.5 Å². The monoisotopic (exact) mass is 322 g/mol. The molecule has 3 aromatic rings. The van der Waals surface area contributed by atoms with Crippen LogP contribution in [0.4, 0.5) is 5.69 Å². The number of pyridine rings is 1. The maximum absolute atomic E-state index is 12.7. The molecule has 1 aromatic heterocycles. The van der Waals surface area contributed by atoms with E-state index in [-0.39, 0.29) is 18.3 Å². The van der Waals surface area contributed by atoms with Gasteiger partial charge in [-0.25, -0.2) is 0 Å². The van der Waals surface area contributed by atoms with Gasteiger partial charge in [-0.15, -0.1) is 0 Å². The maximum atomic E-state index is 12.7. The van der Waals surface area contributed by atoms with Gasteiger partial charge in [-0.2, -0.15) is 0 Å². The molecule has 2 heterocycles. The topological polar surface area (TPSA) is 69.6 Å². The number of benzene rings is 2. The molecule has 1 aliphatic heterocycles. The first kappa shape index (κ1) is 14.3. The van der Waals surface area contributed by atoms with Crippen LogP contribution in [-0.2, 0) is 7.05 Å². The van der Waals surface area contributed by atoms with E-state index in [1.807, 2.05) is 0 Å². The van der Waals surface area contributed by atoms with E-state index >= 15 is 0 Å². The normalized spacial score (nSPS) is 12.4. The highest BCUT2D eigenvalue weighted by molar-refractivity contribution is 6.12. The quantitative estimate of drug-likeness (QED) is 0.787. The molecule has 2 aromatic carbocycles. The number of carbonyl (C=O) groups excluding carboxylic acids is 1. The van der Waals surface area contributed by atoms with Crippen molar-refractivity contribution in [1.29, 1.82) is 0 Å². The molecular formula is C18H14N2O4. The number of hydrogen-bond acceptors (Lipinski definition) is 4. The van der Waals surface area contributed by atoms with Crippen LogP contribution in [0.25, 0.3) is 10.8 Å². The predicted octanol–water partition coefficient (Wildman–Crippen LogP) is 2.52. The lowest BCUT2D eigenvalue weighted by atomic mass is 10.1. The van der Waals surface area contributed by atoms with Crippen LogP contribution in [0.15, 0.2) is 53.5 Å². The number of rotatable bonds is 2. The van der Waals surface area contributed by atoms with Crippen molar-refractivity contribution >= 4 is 22.4 Å². The van der Waals surface area contributed by atoms with E-state index in [9.17, 15) is 9.59 Å². The summed E-state index contributed by atoms with van der Waals surface area (Å²) in [7, 11) is 1.63. The smallest absolute Gasteiger partial charge is 0.258 e. The van der Waals surface area contributed by atoms with Crippen LogP contribution in [-0.4, -0.2) is 17.3 Å². The zero-order chi connectivity index (χ0) is 16.7. The number of anilines is 1. The lowest BCUT2D eigenvalue weighted by Crippen LogP contribution is -2.21. The number of nitrogens with zero attached hydrogens (tertiary/aromatic N) is 1. The van der Waals surface area contributed by atoms with Crippen LogP contribution in [0.2, 0.25) is 0 Å². The first-order valence-electron chi connectivity index (χ1n) is 7.43. The molecule has 0 unspecified atom stereocenters. The average molecular weight is 322 g/mol. The van der Waals surface area contributed by atoms with Crippen molar-refractivity contribution in [2.24, 2.45) is 7.05 Å². The molecule has 1 amide bonds. The fraction of sp³-hybridized carbons (Fsp3) is 0.111. The Morgan fingerprint density at radius 3 is 2.67 bits per heavy atom. The standard InChI is InChI=1S/C18H14N2O4/c1-20-9-14(12-4-2-3-5-13(12)18(20)22)17(21)19-11-6-7-15-16(8-11)24-10-23-15/h2-9H,10H2,1H3,(H,19,21). The summed E-state index contributed by atoms with van der Waals surface area (Å²) >= 11 is 0. The number of amides is 1. The number of ether oxygens (including phenoxy) is 2. The van der Waals surface area contributed by atoms with Crippen molar-refractivity contribution in [3.05, 3.63) is 64.6 Å². The Morgan fingerprint density at radius 2 is 1.83 bits per heavy atom. The molecular weight excluding hydrogens is 308 g/mol. The van der Waals surface area contributed by atoms with Gasteiger partial charge in [0.25, 0.3) is 11.5 Å². The predicted molar refractivity (Wildman–Crippen MR) is 89.7 cm³/mol. The van der Waals surface area contributed by atoms with Crippen LogP contribution in [0, 0.1) is 0 Å². The lowest BCUT2D eigenvalue weighted by molar-refractivity contribution is 0.102. The minimum Gasteiger partial charge on any atom is -0.454 e. The minimum absolute atomic E-state index is 0.134. The van der Waals surface area contributed by atoms with Crippen LogP contribution in [0.3, 0.4) is 0 Å². The number of hydrogen-bond donors (Lipinski definition) is 1. The first-order valence-corrected chi connectivity index (χ1v) is 7.43. The summed E-state index contributed by atoms with van der Waals surface area (Å²) in [6.45, 7) is 0.179. The van der Waals surface area contributed by atoms with E-state index in [2.05, 4.69) is 5.32 Å². The second-order valence-electron chi connectivity index (χ2n) is 5.53. The van der Waals surface area contributed by atoms with E-state index in [0.717, 1.165) is 0 Å². The Morgan fingerprint density at radius 1 is 1.08 bits per heavy atom. The van der Waals surface area contributed by atoms with Gasteiger partial charge in [0.05, 0.1) is 5.56 Å². The number of nitrogens with one attached hydrogen (secondary N) is 1. The second-order valence-corrected chi connectivity index (χ2v) is 5.53. The second kappa shape index (κ2) is 5.42. The van der Waals surface area contributed by atoms with Gasteiger partial charge in [-0.05, 0) is 18.2 Å². The molecule has 1 N–H and O–H groups in total. The third kappa shape index (κ3) is 2.28. The van der Waals surface area contributed by atoms with Crippen molar-refractivity contribution in [2.75, 3.05) is 12.1 Å². The molecule has 0 fully saturated rings. The summed E-state index contributed by atoms with van der Waals surface area (Å²) in [4.78, 5) is 24.9. The Hall–Kier alpha value is -3.28.